The van der Waals surface area contributed by atoms with Gasteiger partial charge in [-0.2, -0.15) is 0 Å². The summed E-state index contributed by atoms with van der Waals surface area (Å²) < 4.78 is 10.9. The third kappa shape index (κ3) is 17.0. The van der Waals surface area contributed by atoms with E-state index in [1.165, 1.54) is 7.11 Å². The number of allylic oxidation sites excluding steroid dienone is 11. The van der Waals surface area contributed by atoms with E-state index >= 15 is 0 Å². The first kappa shape index (κ1) is 33.7. The molecule has 1 aromatic carbocycles. The van der Waals surface area contributed by atoms with Crippen molar-refractivity contribution in [2.45, 2.75) is 78.7 Å². The Balaban J connectivity index is 2.31. The van der Waals surface area contributed by atoms with Gasteiger partial charge in [-0.1, -0.05) is 119 Å². The van der Waals surface area contributed by atoms with E-state index in [9.17, 15) is 9.90 Å². The summed E-state index contributed by atoms with van der Waals surface area (Å²) in [6, 6.07) is 5.32. The Bertz CT molecular complexity index is 1030. The number of methoxy groups -OCH3 is 1. The van der Waals surface area contributed by atoms with Gasteiger partial charge in [0.25, 0.3) is 0 Å². The molecule has 39 heavy (non-hydrogen) atoms. The Morgan fingerprint density at radius 3 is 1.74 bits per heavy atom. The van der Waals surface area contributed by atoms with Gasteiger partial charge < -0.3 is 14.6 Å². The molecular weight excluding hydrogens is 484 g/mol. The molecule has 0 unspecified atom stereocenters. The predicted molar refractivity (Wildman–Crippen MR) is 166 cm³/mol. The van der Waals surface area contributed by atoms with Crippen molar-refractivity contribution in [2.24, 2.45) is 5.41 Å². The third-order valence-corrected chi connectivity index (χ3v) is 5.65. The maximum Gasteiger partial charge on any atom is 0.315 e. The number of aliphatic hydroxyl groups is 1. The van der Waals surface area contributed by atoms with Gasteiger partial charge in [-0.3, -0.25) is 4.79 Å². The van der Waals surface area contributed by atoms with Gasteiger partial charge in [-0.25, -0.2) is 0 Å². The molecule has 0 aliphatic rings. The second kappa shape index (κ2) is 20.6. The molecule has 0 amide bonds. The largest absolute Gasteiger partial charge is 0.493 e. The van der Waals surface area contributed by atoms with Crippen LogP contribution in [0.3, 0.4) is 0 Å². The van der Waals surface area contributed by atoms with Gasteiger partial charge in [0, 0.05) is 0 Å². The van der Waals surface area contributed by atoms with Crippen LogP contribution in [0.15, 0.2) is 97.2 Å². The molecular formula is C35H48O4. The van der Waals surface area contributed by atoms with E-state index in [-0.39, 0.29) is 17.8 Å². The Kier molecular flexibility index (Phi) is 17.8. The van der Waals surface area contributed by atoms with Gasteiger partial charge in [0.2, 0.25) is 0 Å². The van der Waals surface area contributed by atoms with Gasteiger partial charge in [-0.15, -0.1) is 0 Å². The lowest BCUT2D eigenvalue weighted by Crippen LogP contribution is -2.23. The van der Waals surface area contributed by atoms with Crippen LogP contribution >= 0.6 is 0 Å². The summed E-state index contributed by atoms with van der Waals surface area (Å²) in [5, 5.41) is 10.2. The number of carbonyl (C=O) groups excluding carboxylic acids is 1. The number of carbonyl (C=O) groups is 1. The molecule has 0 radical (unpaired) electrons. The summed E-state index contributed by atoms with van der Waals surface area (Å²) in [5.41, 5.74) is 0.615. The van der Waals surface area contributed by atoms with Gasteiger partial charge >= 0.3 is 5.97 Å². The van der Waals surface area contributed by atoms with Crippen LogP contribution in [0.2, 0.25) is 0 Å². The molecule has 1 atom stereocenters. The van der Waals surface area contributed by atoms with Crippen LogP contribution in [0.5, 0.6) is 11.5 Å². The van der Waals surface area contributed by atoms with E-state index in [4.69, 9.17) is 9.47 Å². The number of ether oxygens (including phenoxy) is 2. The summed E-state index contributed by atoms with van der Waals surface area (Å²) in [6.45, 7) is 8.07. The molecule has 0 saturated heterocycles. The van der Waals surface area contributed by atoms with Crippen LogP contribution in [0.4, 0.5) is 0 Å². The zero-order chi connectivity index (χ0) is 28.8. The zero-order valence-electron chi connectivity index (χ0n) is 24.5. The van der Waals surface area contributed by atoms with Crippen LogP contribution in [0.1, 0.15) is 78.2 Å². The average molecular weight is 533 g/mol. The highest BCUT2D eigenvalue weighted by Gasteiger charge is 2.19. The van der Waals surface area contributed by atoms with Crippen LogP contribution in [0, 0.1) is 5.41 Å². The molecule has 212 valence electrons. The highest BCUT2D eigenvalue weighted by atomic mass is 16.6. The Morgan fingerprint density at radius 1 is 0.795 bits per heavy atom. The number of benzene rings is 1. The lowest BCUT2D eigenvalue weighted by Gasteiger charge is -2.22. The molecule has 1 aromatic rings. The minimum absolute atomic E-state index is 0.188. The van der Waals surface area contributed by atoms with E-state index in [1.807, 2.05) is 45.1 Å². The van der Waals surface area contributed by atoms with Crippen molar-refractivity contribution in [1.82, 2.24) is 0 Å². The second-order valence-electron chi connectivity index (χ2n) is 10.2. The van der Waals surface area contributed by atoms with Crippen LogP contribution in [-0.4, -0.2) is 24.3 Å². The monoisotopic (exact) mass is 532 g/mol. The Labute approximate surface area is 236 Å². The SMILES string of the molecule is CC/C=C\C/C=C\C/C=C\C/C=C\C/C=C\C/C=C\CC(=O)Oc1ccc(/C=C/[C@H](O)C(C)(C)C)cc1OC. The highest BCUT2D eigenvalue weighted by Crippen LogP contribution is 2.29. The highest BCUT2D eigenvalue weighted by molar-refractivity contribution is 5.75. The standard InChI is InChI=1S/C35H48O4/c1-6-7-8-9-10-11-12-13-14-15-16-17-18-19-20-21-22-23-24-34(37)39-31-27-25-30(29-32(31)38-5)26-28-33(36)35(2,3)4/h7-8,10-11,13-14,16-17,19-20,22-23,25-29,33,36H,6,9,12,15,18,21,24H2,1-5H3/b8-7-,11-10-,14-13-,17-16-,20-19-,23-22-,28-26+/t33-/m0/s1. The molecule has 4 heteroatoms. The van der Waals surface area contributed by atoms with Crippen molar-refractivity contribution in [3.8, 4) is 11.5 Å². The van der Waals surface area contributed by atoms with Crippen molar-refractivity contribution in [3.63, 3.8) is 0 Å². The lowest BCUT2D eigenvalue weighted by atomic mass is 9.89. The van der Waals surface area contributed by atoms with Crippen LogP contribution in [0.25, 0.3) is 6.08 Å². The van der Waals surface area contributed by atoms with Gasteiger partial charge in [0.15, 0.2) is 11.5 Å². The summed E-state index contributed by atoms with van der Waals surface area (Å²) in [6.07, 6.45) is 34.4. The molecule has 0 aliphatic heterocycles. The Morgan fingerprint density at radius 2 is 1.28 bits per heavy atom. The normalized spacial score (nSPS) is 13.9. The molecule has 0 spiro atoms. The minimum Gasteiger partial charge on any atom is -0.493 e. The van der Waals surface area contributed by atoms with Crippen LogP contribution < -0.4 is 9.47 Å². The summed E-state index contributed by atoms with van der Waals surface area (Å²) in [5.74, 6) is 0.501. The number of esters is 1. The van der Waals surface area contributed by atoms with Crippen molar-refractivity contribution >= 4 is 12.0 Å². The van der Waals surface area contributed by atoms with Crippen molar-refractivity contribution < 1.29 is 19.4 Å². The molecule has 0 fully saturated rings. The number of hydrogen-bond acceptors (Lipinski definition) is 4. The molecule has 0 bridgehead atoms. The fourth-order valence-electron chi connectivity index (χ4n) is 3.23. The first-order valence-electron chi connectivity index (χ1n) is 13.9. The molecule has 1 N–H and O–H groups in total. The third-order valence-electron chi connectivity index (χ3n) is 5.65. The van der Waals surface area contributed by atoms with Gasteiger partial charge in [0.1, 0.15) is 0 Å². The lowest BCUT2D eigenvalue weighted by molar-refractivity contribution is -0.133. The van der Waals surface area contributed by atoms with E-state index in [0.29, 0.717) is 11.5 Å². The maximum atomic E-state index is 12.2. The fourth-order valence-corrected chi connectivity index (χ4v) is 3.23. The van der Waals surface area contributed by atoms with Gasteiger partial charge in [-0.05, 0) is 61.6 Å². The van der Waals surface area contributed by atoms with Gasteiger partial charge in [0.05, 0.1) is 19.6 Å². The smallest absolute Gasteiger partial charge is 0.315 e. The molecule has 0 aliphatic carbocycles. The summed E-state index contributed by atoms with van der Waals surface area (Å²) in [7, 11) is 1.54. The molecule has 0 saturated carbocycles. The molecule has 1 rings (SSSR count). The van der Waals surface area contributed by atoms with E-state index in [1.54, 1.807) is 18.2 Å². The van der Waals surface area contributed by atoms with Crippen molar-refractivity contribution in [2.75, 3.05) is 7.11 Å². The topological polar surface area (TPSA) is 55.8 Å². The predicted octanol–water partition coefficient (Wildman–Crippen LogP) is 9.11. The molecule has 0 heterocycles. The Hall–Kier alpha value is -3.37. The fraction of sp³-hybridized carbons (Fsp3) is 0.400. The van der Waals surface area contributed by atoms with Crippen LogP contribution in [-0.2, 0) is 4.79 Å². The molecule has 4 nitrogen and oxygen atoms in total. The van der Waals surface area contributed by atoms with E-state index in [0.717, 1.165) is 44.1 Å². The average Bonchev–Trinajstić information content (AvgIpc) is 2.91. The zero-order valence-corrected chi connectivity index (χ0v) is 24.5. The summed E-state index contributed by atoms with van der Waals surface area (Å²) >= 11 is 0. The first-order valence-corrected chi connectivity index (χ1v) is 13.9. The first-order chi connectivity index (χ1) is 18.8. The maximum absolute atomic E-state index is 12.2. The second-order valence-corrected chi connectivity index (χ2v) is 10.2. The van der Waals surface area contributed by atoms with E-state index in [2.05, 4.69) is 67.7 Å². The number of rotatable bonds is 17. The van der Waals surface area contributed by atoms with E-state index < -0.39 is 6.10 Å². The molecule has 0 aromatic heterocycles. The summed E-state index contributed by atoms with van der Waals surface area (Å²) in [4.78, 5) is 12.2. The van der Waals surface area contributed by atoms with Crippen molar-refractivity contribution in [3.05, 3.63) is 103 Å². The van der Waals surface area contributed by atoms with Crippen molar-refractivity contribution in [1.29, 1.82) is 0 Å². The minimum atomic E-state index is -0.567. The number of hydrogen-bond donors (Lipinski definition) is 1. The quantitative estimate of drug-likeness (QED) is 0.123. The number of aliphatic hydroxyl groups excluding tert-OH is 1.